The molecule has 1 aromatic rings. The fraction of sp³-hybridized carbons (Fsp3) is 0.348. The normalized spacial score (nSPS) is 13.9. The van der Waals surface area contributed by atoms with Gasteiger partial charge in [-0.3, -0.25) is 4.79 Å². The van der Waals surface area contributed by atoms with Crippen LogP contribution in [0.1, 0.15) is 63.4 Å². The Hall–Kier alpha value is -5.41. The summed E-state index contributed by atoms with van der Waals surface area (Å²) in [5, 5.41) is 2.64. The molecule has 7 nitrogen and oxygen atoms in total. The molecular formula is C46H59N3O4. The van der Waals surface area contributed by atoms with Gasteiger partial charge in [-0.1, -0.05) is 116 Å². The van der Waals surface area contributed by atoms with Gasteiger partial charge in [-0.15, -0.1) is 5.73 Å². The van der Waals surface area contributed by atoms with Crippen molar-refractivity contribution in [3.05, 3.63) is 149 Å². The average molecular weight is 718 g/mol. The number of alkyl carbamates (subject to hydrolysis) is 1. The highest BCUT2D eigenvalue weighted by Crippen LogP contribution is 2.19. The summed E-state index contributed by atoms with van der Waals surface area (Å²) in [5.41, 5.74) is 7.11. The van der Waals surface area contributed by atoms with Crippen molar-refractivity contribution in [1.82, 2.24) is 15.1 Å². The number of rotatable bonds is 19. The zero-order chi connectivity index (χ0) is 39.1. The Labute approximate surface area is 319 Å². The van der Waals surface area contributed by atoms with Gasteiger partial charge in [0.1, 0.15) is 13.4 Å². The number of nitrogens with one attached hydrogen (secondary N) is 1. The first-order chi connectivity index (χ1) is 25.8. The monoisotopic (exact) mass is 717 g/mol. The van der Waals surface area contributed by atoms with Crippen molar-refractivity contribution in [2.75, 3.05) is 39.3 Å². The Morgan fingerprint density at radius 3 is 2.40 bits per heavy atom. The Morgan fingerprint density at radius 1 is 0.962 bits per heavy atom. The molecule has 1 N–H and O–H groups in total. The van der Waals surface area contributed by atoms with Crippen LogP contribution in [-0.2, 0) is 9.53 Å². The van der Waals surface area contributed by atoms with Crippen molar-refractivity contribution in [2.45, 2.75) is 60.4 Å². The van der Waals surface area contributed by atoms with Crippen LogP contribution in [0.15, 0.2) is 138 Å². The average Bonchev–Trinajstić information content (AvgIpc) is 3.47. The van der Waals surface area contributed by atoms with Crippen molar-refractivity contribution < 1.29 is 19.1 Å². The molecule has 1 aliphatic carbocycles. The van der Waals surface area contributed by atoms with Crippen LogP contribution in [0.5, 0.6) is 0 Å². The lowest BCUT2D eigenvalue weighted by Crippen LogP contribution is -2.41. The van der Waals surface area contributed by atoms with Gasteiger partial charge < -0.3 is 24.6 Å². The predicted octanol–water partition coefficient (Wildman–Crippen LogP) is 9.06. The third-order valence-electron chi connectivity index (χ3n) is 8.36. The number of ether oxygens (including phenoxy) is 1. The van der Waals surface area contributed by atoms with Gasteiger partial charge in [-0.2, -0.15) is 0 Å². The molecule has 0 aliphatic heterocycles. The summed E-state index contributed by atoms with van der Waals surface area (Å²) in [4.78, 5) is 38.0. The SMILES string of the molecule is C=O.C\C=C/C=C\C=C\COC(=O)NCC#CC(/C=C\C=C\CN(C(=O)c1ccc(C)cc1)C(C)CCN(CC)CCC(C)C1=CC=C=CC=C1)=C/C. The number of benzene rings is 1. The maximum Gasteiger partial charge on any atom is 0.408 e. The number of amides is 2. The lowest BCUT2D eigenvalue weighted by Gasteiger charge is -2.31. The molecule has 2 rings (SSSR count). The molecule has 0 saturated heterocycles. The van der Waals surface area contributed by atoms with E-state index in [-0.39, 0.29) is 25.1 Å². The molecule has 7 heteroatoms. The van der Waals surface area contributed by atoms with E-state index in [9.17, 15) is 9.59 Å². The highest BCUT2D eigenvalue weighted by Gasteiger charge is 2.21. The van der Waals surface area contributed by atoms with Gasteiger partial charge in [0.25, 0.3) is 5.91 Å². The number of hydrogen-bond donors (Lipinski definition) is 1. The number of hydrogen-bond acceptors (Lipinski definition) is 5. The first-order valence-corrected chi connectivity index (χ1v) is 18.3. The van der Waals surface area contributed by atoms with E-state index in [4.69, 9.17) is 9.53 Å². The number of carbonyl (C=O) groups excluding carboxylic acids is 3. The summed E-state index contributed by atoms with van der Waals surface area (Å²) in [7, 11) is 0. The fourth-order valence-corrected chi connectivity index (χ4v) is 5.05. The van der Waals surface area contributed by atoms with Gasteiger partial charge in [-0.05, 0) is 102 Å². The molecule has 0 spiro atoms. The molecule has 0 saturated carbocycles. The topological polar surface area (TPSA) is 79.0 Å². The summed E-state index contributed by atoms with van der Waals surface area (Å²) >= 11 is 0. The molecule has 2 unspecified atom stereocenters. The second-order valence-corrected chi connectivity index (χ2v) is 12.2. The van der Waals surface area contributed by atoms with E-state index >= 15 is 0 Å². The standard InChI is InChI=1S/C45H57N3O3.CH2O/c1-7-10-11-12-15-21-37-51-45(50)46-33-22-24-41(8-2)23-17-16-20-34-48(44(49)43-29-27-38(4)28-30-43)40(6)32-36-47(9-3)35-31-39(5)42-25-18-13-14-19-26-42;1-2/h7-8,10-13,15-21,23,25-30,39-40H,9,31-37H2,1-6H3,(H,46,50);1H2/b10-7-,12-11-,20-16+,21-15+,23-17-,41-8+;. The van der Waals surface area contributed by atoms with E-state index in [2.05, 4.69) is 66.8 Å². The van der Waals surface area contributed by atoms with Crippen LogP contribution in [0.3, 0.4) is 0 Å². The van der Waals surface area contributed by atoms with Crippen molar-refractivity contribution in [3.63, 3.8) is 0 Å². The summed E-state index contributed by atoms with van der Waals surface area (Å²) in [5.74, 6) is 6.51. The van der Waals surface area contributed by atoms with Gasteiger partial charge in [0.05, 0.1) is 6.54 Å². The Kier molecular flexibility index (Phi) is 25.1. The van der Waals surface area contributed by atoms with Crippen LogP contribution in [0.2, 0.25) is 0 Å². The van der Waals surface area contributed by atoms with E-state index in [1.165, 1.54) is 5.57 Å². The second kappa shape index (κ2) is 29.2. The smallest absolute Gasteiger partial charge is 0.408 e. The molecule has 1 aromatic carbocycles. The largest absolute Gasteiger partial charge is 0.445 e. The number of carbonyl (C=O) groups is 3. The van der Waals surface area contributed by atoms with E-state index in [0.717, 1.165) is 43.6 Å². The molecule has 282 valence electrons. The number of allylic oxidation sites excluding steroid dienone is 15. The highest BCUT2D eigenvalue weighted by molar-refractivity contribution is 5.94. The van der Waals surface area contributed by atoms with E-state index < -0.39 is 6.09 Å². The van der Waals surface area contributed by atoms with Crippen LogP contribution in [0.4, 0.5) is 4.79 Å². The maximum atomic E-state index is 13.7. The van der Waals surface area contributed by atoms with Crippen LogP contribution >= 0.6 is 0 Å². The van der Waals surface area contributed by atoms with Crippen LogP contribution in [-0.4, -0.2) is 74.0 Å². The third-order valence-corrected chi connectivity index (χ3v) is 8.36. The van der Waals surface area contributed by atoms with Gasteiger partial charge in [0, 0.05) is 30.3 Å². The molecule has 0 fully saturated rings. The van der Waals surface area contributed by atoms with Gasteiger partial charge >= 0.3 is 6.09 Å². The summed E-state index contributed by atoms with van der Waals surface area (Å²) in [6.07, 6.45) is 32.7. The van der Waals surface area contributed by atoms with Crippen LogP contribution < -0.4 is 5.32 Å². The van der Waals surface area contributed by atoms with Crippen LogP contribution in [0, 0.1) is 24.7 Å². The molecule has 0 bridgehead atoms. The number of aryl methyl sites for hydroxylation is 1. The van der Waals surface area contributed by atoms with Crippen molar-refractivity contribution in [2.24, 2.45) is 5.92 Å². The van der Waals surface area contributed by atoms with Gasteiger partial charge in [0.15, 0.2) is 0 Å². The van der Waals surface area contributed by atoms with Crippen molar-refractivity contribution >= 4 is 18.8 Å². The lowest BCUT2D eigenvalue weighted by atomic mass is 9.96. The fourth-order valence-electron chi connectivity index (χ4n) is 5.05. The molecule has 2 atom stereocenters. The van der Waals surface area contributed by atoms with Crippen LogP contribution in [0.25, 0.3) is 0 Å². The van der Waals surface area contributed by atoms with E-state index in [1.807, 2.05) is 130 Å². The number of nitrogens with zero attached hydrogens (tertiary/aromatic N) is 2. The molecule has 2 amide bonds. The lowest BCUT2D eigenvalue weighted by molar-refractivity contribution is -0.0980. The summed E-state index contributed by atoms with van der Waals surface area (Å²) in [6, 6.07) is 7.85. The summed E-state index contributed by atoms with van der Waals surface area (Å²) in [6.45, 7) is 18.3. The highest BCUT2D eigenvalue weighted by atomic mass is 16.5. The quantitative estimate of drug-likeness (QED) is 0.0878. The Morgan fingerprint density at radius 2 is 1.68 bits per heavy atom. The van der Waals surface area contributed by atoms with Crippen molar-refractivity contribution in [3.8, 4) is 11.8 Å². The zero-order valence-electron chi connectivity index (χ0n) is 32.6. The van der Waals surface area contributed by atoms with E-state index in [1.54, 1.807) is 6.08 Å². The zero-order valence-corrected chi connectivity index (χ0v) is 32.6. The Bertz CT molecular complexity index is 1620. The Balaban J connectivity index is 0.00000690. The molecule has 0 heterocycles. The summed E-state index contributed by atoms with van der Waals surface area (Å²) < 4.78 is 5.10. The van der Waals surface area contributed by atoms with Crippen molar-refractivity contribution in [1.29, 1.82) is 0 Å². The third kappa shape index (κ3) is 20.3. The molecular weight excluding hydrogens is 659 g/mol. The molecule has 53 heavy (non-hydrogen) atoms. The minimum Gasteiger partial charge on any atom is -0.445 e. The molecule has 0 radical (unpaired) electrons. The first-order valence-electron chi connectivity index (χ1n) is 18.3. The predicted molar refractivity (Wildman–Crippen MR) is 221 cm³/mol. The van der Waals surface area contributed by atoms with E-state index in [0.29, 0.717) is 18.0 Å². The maximum absolute atomic E-state index is 13.7. The minimum atomic E-state index is -0.515. The first kappa shape index (κ1) is 45.6. The molecule has 1 aliphatic rings. The van der Waals surface area contributed by atoms with Gasteiger partial charge in [-0.25, -0.2) is 4.79 Å². The van der Waals surface area contributed by atoms with Gasteiger partial charge in [0.2, 0.25) is 0 Å². The second-order valence-electron chi connectivity index (χ2n) is 12.2. The molecule has 0 aromatic heterocycles. The minimum absolute atomic E-state index is 0.0323.